The molecule has 1 fully saturated rings. The minimum Gasteiger partial charge on any atom is -0.379 e. The Morgan fingerprint density at radius 2 is 2.00 bits per heavy atom. The molecule has 8 heteroatoms. The van der Waals surface area contributed by atoms with E-state index in [2.05, 4.69) is 15.5 Å². The summed E-state index contributed by atoms with van der Waals surface area (Å²) in [6, 6.07) is 4.59. The van der Waals surface area contributed by atoms with Crippen molar-refractivity contribution in [3.8, 4) is 0 Å². The van der Waals surface area contributed by atoms with Gasteiger partial charge in [-0.1, -0.05) is 6.07 Å². The normalized spacial score (nSPS) is 16.3. The minimum absolute atomic E-state index is 0.0561. The van der Waals surface area contributed by atoms with Crippen LogP contribution in [0.3, 0.4) is 0 Å². The quantitative estimate of drug-likeness (QED) is 0.777. The molecule has 23 heavy (non-hydrogen) atoms. The number of morpholine rings is 1. The topological polar surface area (TPSA) is 53.6 Å². The first-order valence-electron chi connectivity index (χ1n) is 7.43. The highest BCUT2D eigenvalue weighted by Gasteiger charge is 2.30. The molecule has 1 saturated heterocycles. The predicted molar refractivity (Wildman–Crippen MR) is 80.2 cm³/mol. The Balaban J connectivity index is 1.70. The summed E-state index contributed by atoms with van der Waals surface area (Å²) >= 11 is 0. The number of hydrogen-bond donors (Lipinski definition) is 2. The smallest absolute Gasteiger partial charge is 0.379 e. The van der Waals surface area contributed by atoms with Crippen LogP contribution in [0.15, 0.2) is 24.3 Å². The molecule has 2 rings (SSSR count). The Kier molecular flexibility index (Phi) is 6.37. The molecule has 0 radical (unpaired) electrons. The molecule has 1 amide bonds. The zero-order valence-corrected chi connectivity index (χ0v) is 12.7. The summed E-state index contributed by atoms with van der Waals surface area (Å²) in [7, 11) is 0. The molecule has 1 aromatic rings. The maximum Gasteiger partial charge on any atom is 0.416 e. The summed E-state index contributed by atoms with van der Waals surface area (Å²) in [5.74, 6) is -0.369. The number of ether oxygens (including phenoxy) is 1. The maximum absolute atomic E-state index is 12.6. The van der Waals surface area contributed by atoms with Gasteiger partial charge in [0.1, 0.15) is 0 Å². The summed E-state index contributed by atoms with van der Waals surface area (Å²) < 4.78 is 43.0. The molecular formula is C15H20F3N3O2. The van der Waals surface area contributed by atoms with Crippen LogP contribution in [0.4, 0.5) is 18.9 Å². The van der Waals surface area contributed by atoms with Gasteiger partial charge in [0, 0.05) is 31.9 Å². The molecule has 128 valence electrons. The number of alkyl halides is 3. The third kappa shape index (κ3) is 6.17. The van der Waals surface area contributed by atoms with Crippen molar-refractivity contribution in [3.63, 3.8) is 0 Å². The molecule has 1 heterocycles. The summed E-state index contributed by atoms with van der Waals surface area (Å²) in [5.41, 5.74) is -0.643. The van der Waals surface area contributed by atoms with Gasteiger partial charge in [-0.25, -0.2) is 0 Å². The molecule has 0 aromatic heterocycles. The zero-order valence-electron chi connectivity index (χ0n) is 12.7. The highest BCUT2D eigenvalue weighted by atomic mass is 19.4. The van der Waals surface area contributed by atoms with Gasteiger partial charge in [-0.15, -0.1) is 0 Å². The van der Waals surface area contributed by atoms with Crippen LogP contribution in [0, 0.1) is 0 Å². The van der Waals surface area contributed by atoms with E-state index in [1.807, 2.05) is 0 Å². The third-order valence-corrected chi connectivity index (χ3v) is 3.47. The standard InChI is InChI=1S/C15H20F3N3O2/c16-15(17,18)12-2-1-3-13(10-12)20-14(22)11-19-4-5-21-6-8-23-9-7-21/h1-3,10,19H,4-9,11H2,(H,20,22). The Morgan fingerprint density at radius 3 is 2.70 bits per heavy atom. The summed E-state index contributed by atoms with van der Waals surface area (Å²) in [5, 5.41) is 5.44. The van der Waals surface area contributed by atoms with E-state index < -0.39 is 11.7 Å². The Labute approximate surface area is 132 Å². The van der Waals surface area contributed by atoms with Gasteiger partial charge >= 0.3 is 6.18 Å². The number of halogens is 3. The second kappa shape index (κ2) is 8.28. The Hall–Kier alpha value is -1.64. The number of carbonyl (C=O) groups excluding carboxylic acids is 1. The highest BCUT2D eigenvalue weighted by molar-refractivity contribution is 5.92. The number of carbonyl (C=O) groups is 1. The molecule has 1 aliphatic rings. The molecule has 2 N–H and O–H groups in total. The summed E-state index contributed by atoms with van der Waals surface area (Å²) in [6.45, 7) is 4.68. The van der Waals surface area contributed by atoms with Crippen LogP contribution in [-0.2, 0) is 15.7 Å². The molecule has 5 nitrogen and oxygen atoms in total. The lowest BCUT2D eigenvalue weighted by molar-refractivity contribution is -0.137. The van der Waals surface area contributed by atoms with Crippen molar-refractivity contribution in [2.75, 3.05) is 51.3 Å². The van der Waals surface area contributed by atoms with Crippen molar-refractivity contribution in [2.45, 2.75) is 6.18 Å². The molecule has 0 aliphatic carbocycles. The monoisotopic (exact) mass is 331 g/mol. The average Bonchev–Trinajstić information content (AvgIpc) is 2.52. The van der Waals surface area contributed by atoms with Crippen LogP contribution in [0.2, 0.25) is 0 Å². The second-order valence-corrected chi connectivity index (χ2v) is 5.26. The molecule has 1 aromatic carbocycles. The number of benzene rings is 1. The molecule has 0 bridgehead atoms. The van der Waals surface area contributed by atoms with E-state index >= 15 is 0 Å². The van der Waals surface area contributed by atoms with Gasteiger partial charge < -0.3 is 15.4 Å². The van der Waals surface area contributed by atoms with Crippen LogP contribution in [0.25, 0.3) is 0 Å². The summed E-state index contributed by atoms with van der Waals surface area (Å²) in [6.07, 6.45) is -4.42. The van der Waals surface area contributed by atoms with Gasteiger partial charge in [0.15, 0.2) is 0 Å². The van der Waals surface area contributed by atoms with E-state index in [1.54, 1.807) is 0 Å². The van der Waals surface area contributed by atoms with Crippen LogP contribution in [0.1, 0.15) is 5.56 Å². The van der Waals surface area contributed by atoms with Crippen molar-refractivity contribution in [3.05, 3.63) is 29.8 Å². The van der Waals surface area contributed by atoms with E-state index in [1.165, 1.54) is 12.1 Å². The first kappa shape index (κ1) is 17.7. The van der Waals surface area contributed by atoms with E-state index in [0.29, 0.717) is 6.54 Å². The lowest BCUT2D eigenvalue weighted by Gasteiger charge is -2.26. The lowest BCUT2D eigenvalue weighted by Crippen LogP contribution is -2.41. The van der Waals surface area contributed by atoms with Crippen LogP contribution < -0.4 is 10.6 Å². The van der Waals surface area contributed by atoms with E-state index in [-0.39, 0.29) is 18.1 Å². The third-order valence-electron chi connectivity index (χ3n) is 3.47. The van der Waals surface area contributed by atoms with E-state index in [0.717, 1.165) is 45.0 Å². The van der Waals surface area contributed by atoms with Gasteiger partial charge in [0.25, 0.3) is 0 Å². The number of nitrogens with one attached hydrogen (secondary N) is 2. The van der Waals surface area contributed by atoms with Crippen molar-refractivity contribution in [1.29, 1.82) is 0 Å². The van der Waals surface area contributed by atoms with Crippen molar-refractivity contribution < 1.29 is 22.7 Å². The molecule has 0 spiro atoms. The van der Waals surface area contributed by atoms with Gasteiger partial charge in [0.05, 0.1) is 25.3 Å². The Morgan fingerprint density at radius 1 is 1.26 bits per heavy atom. The van der Waals surface area contributed by atoms with E-state index in [9.17, 15) is 18.0 Å². The first-order chi connectivity index (χ1) is 10.9. The fraction of sp³-hybridized carbons (Fsp3) is 0.533. The number of amides is 1. The maximum atomic E-state index is 12.6. The van der Waals surface area contributed by atoms with Crippen molar-refractivity contribution >= 4 is 11.6 Å². The van der Waals surface area contributed by atoms with Gasteiger partial charge in [-0.3, -0.25) is 9.69 Å². The fourth-order valence-corrected chi connectivity index (χ4v) is 2.24. The lowest BCUT2D eigenvalue weighted by atomic mass is 10.2. The number of rotatable bonds is 6. The van der Waals surface area contributed by atoms with Crippen LogP contribution in [0.5, 0.6) is 0 Å². The SMILES string of the molecule is O=C(CNCCN1CCOCC1)Nc1cccc(C(F)(F)F)c1. The van der Waals surface area contributed by atoms with Gasteiger partial charge in [-0.05, 0) is 18.2 Å². The minimum atomic E-state index is -4.42. The van der Waals surface area contributed by atoms with Gasteiger partial charge in [-0.2, -0.15) is 13.2 Å². The number of nitrogens with zero attached hydrogens (tertiary/aromatic N) is 1. The molecule has 0 saturated carbocycles. The van der Waals surface area contributed by atoms with Gasteiger partial charge in [0.2, 0.25) is 5.91 Å². The Bertz CT molecular complexity index is 517. The largest absolute Gasteiger partial charge is 0.416 e. The second-order valence-electron chi connectivity index (χ2n) is 5.26. The van der Waals surface area contributed by atoms with Crippen LogP contribution >= 0.6 is 0 Å². The molecule has 0 unspecified atom stereocenters. The molecule has 0 atom stereocenters. The molecule has 1 aliphatic heterocycles. The average molecular weight is 331 g/mol. The van der Waals surface area contributed by atoms with Crippen molar-refractivity contribution in [1.82, 2.24) is 10.2 Å². The molecular weight excluding hydrogens is 311 g/mol. The van der Waals surface area contributed by atoms with Crippen molar-refractivity contribution in [2.24, 2.45) is 0 Å². The number of anilines is 1. The van der Waals surface area contributed by atoms with Crippen LogP contribution in [-0.4, -0.2) is 56.7 Å². The highest BCUT2D eigenvalue weighted by Crippen LogP contribution is 2.30. The fourth-order valence-electron chi connectivity index (χ4n) is 2.24. The van der Waals surface area contributed by atoms with E-state index in [4.69, 9.17) is 4.74 Å². The number of hydrogen-bond acceptors (Lipinski definition) is 4. The first-order valence-corrected chi connectivity index (χ1v) is 7.43. The summed E-state index contributed by atoms with van der Waals surface area (Å²) in [4.78, 5) is 14.0. The predicted octanol–water partition coefficient (Wildman–Crippen LogP) is 1.57. The zero-order chi connectivity index (χ0) is 16.7.